The van der Waals surface area contributed by atoms with Crippen LogP contribution in [0.1, 0.15) is 18.9 Å². The molecule has 0 saturated carbocycles. The van der Waals surface area contributed by atoms with Crippen LogP contribution in [0.25, 0.3) is 11.0 Å². The van der Waals surface area contributed by atoms with Gasteiger partial charge in [-0.25, -0.2) is 5.43 Å². The minimum atomic E-state index is -0.0753. The van der Waals surface area contributed by atoms with Gasteiger partial charge in [-0.15, -0.1) is 5.10 Å². The number of fused-ring (bicyclic) bond motifs is 1. The monoisotopic (exact) mass is 245 g/mol. The number of nitrogens with one attached hydrogen (secondary N) is 1. The lowest BCUT2D eigenvalue weighted by atomic mass is 9.94. The quantitative estimate of drug-likeness (QED) is 0.717. The number of carbonyl (C=O) groups excluding carboxylic acids is 1. The van der Waals surface area contributed by atoms with Gasteiger partial charge in [0.2, 0.25) is 5.91 Å². The van der Waals surface area contributed by atoms with E-state index in [-0.39, 0.29) is 11.8 Å². The van der Waals surface area contributed by atoms with Gasteiger partial charge < -0.3 is 5.21 Å². The largest absolute Gasteiger partial charge is 0.410 e. The Kier molecular flexibility index (Phi) is 2.26. The van der Waals surface area contributed by atoms with E-state index in [4.69, 9.17) is 0 Å². The molecule has 7 nitrogen and oxygen atoms in total. The highest BCUT2D eigenvalue weighted by Crippen LogP contribution is 2.19. The maximum atomic E-state index is 11.2. The zero-order valence-electron chi connectivity index (χ0n) is 9.66. The van der Waals surface area contributed by atoms with Crippen molar-refractivity contribution in [2.24, 2.45) is 11.0 Å². The second-order valence-corrected chi connectivity index (χ2v) is 4.32. The third-order valence-electron chi connectivity index (χ3n) is 2.98. The number of amides is 1. The van der Waals surface area contributed by atoms with Crippen LogP contribution in [0.4, 0.5) is 0 Å². The SMILES string of the molecule is C[C@H]1CC(=O)NN=C1c1ccc2c(c1)nnn2O. The molecule has 1 atom stereocenters. The molecule has 7 heteroatoms. The lowest BCUT2D eigenvalue weighted by Crippen LogP contribution is -2.31. The Morgan fingerprint density at radius 2 is 2.33 bits per heavy atom. The third kappa shape index (κ3) is 1.60. The summed E-state index contributed by atoms with van der Waals surface area (Å²) in [6, 6.07) is 5.34. The molecule has 3 rings (SSSR count). The number of aromatic nitrogens is 3. The van der Waals surface area contributed by atoms with Gasteiger partial charge in [-0.2, -0.15) is 5.10 Å². The van der Waals surface area contributed by atoms with Crippen LogP contribution in [-0.2, 0) is 4.79 Å². The molecule has 0 fully saturated rings. The van der Waals surface area contributed by atoms with Gasteiger partial charge in [0, 0.05) is 17.9 Å². The zero-order valence-corrected chi connectivity index (χ0v) is 9.66. The first-order valence-electron chi connectivity index (χ1n) is 5.56. The molecular weight excluding hydrogens is 234 g/mol. The molecule has 1 aliphatic heterocycles. The highest BCUT2D eigenvalue weighted by molar-refractivity contribution is 6.07. The van der Waals surface area contributed by atoms with E-state index in [0.29, 0.717) is 17.5 Å². The molecule has 0 saturated heterocycles. The van der Waals surface area contributed by atoms with Gasteiger partial charge in [0.1, 0.15) is 11.0 Å². The van der Waals surface area contributed by atoms with Gasteiger partial charge in [0.05, 0.1) is 5.71 Å². The summed E-state index contributed by atoms with van der Waals surface area (Å²) in [6.45, 7) is 1.95. The number of hydrazone groups is 1. The standard InChI is InChI=1S/C11H11N5O2/c1-6-4-10(17)13-14-11(6)7-2-3-9-8(5-7)12-15-16(9)18/h2-3,5-6,18H,4H2,1H3,(H,13,17)/t6-/m0/s1. The summed E-state index contributed by atoms with van der Waals surface area (Å²) in [5.41, 5.74) is 5.27. The van der Waals surface area contributed by atoms with Crippen LogP contribution in [0.15, 0.2) is 23.3 Å². The van der Waals surface area contributed by atoms with Crippen molar-refractivity contribution in [1.29, 1.82) is 0 Å². The fourth-order valence-electron chi connectivity index (χ4n) is 2.07. The fraction of sp³-hybridized carbons (Fsp3) is 0.273. The molecule has 1 aromatic carbocycles. The van der Waals surface area contributed by atoms with Crippen molar-refractivity contribution in [3.63, 3.8) is 0 Å². The predicted octanol–water partition coefficient (Wildman–Crippen LogP) is 0.529. The Morgan fingerprint density at radius 1 is 1.50 bits per heavy atom. The molecule has 0 bridgehead atoms. The highest BCUT2D eigenvalue weighted by Gasteiger charge is 2.22. The topological polar surface area (TPSA) is 92.4 Å². The molecule has 0 aliphatic carbocycles. The van der Waals surface area contributed by atoms with Crippen LogP contribution in [0.5, 0.6) is 0 Å². The van der Waals surface area contributed by atoms with Crippen molar-refractivity contribution in [3.05, 3.63) is 23.8 Å². The number of carbonyl (C=O) groups is 1. The molecular formula is C11H11N5O2. The minimum Gasteiger partial charge on any atom is -0.410 e. The van der Waals surface area contributed by atoms with Gasteiger partial charge in [-0.1, -0.05) is 17.8 Å². The second kappa shape index (κ2) is 3.80. The Balaban J connectivity index is 2.06. The van der Waals surface area contributed by atoms with E-state index in [1.807, 2.05) is 13.0 Å². The van der Waals surface area contributed by atoms with Crippen LogP contribution < -0.4 is 5.43 Å². The maximum Gasteiger partial charge on any atom is 0.240 e. The van der Waals surface area contributed by atoms with Crippen LogP contribution in [-0.4, -0.2) is 32.0 Å². The van der Waals surface area contributed by atoms with Gasteiger partial charge in [0.25, 0.3) is 0 Å². The second-order valence-electron chi connectivity index (χ2n) is 4.32. The normalized spacial score (nSPS) is 19.7. The number of benzene rings is 1. The van der Waals surface area contributed by atoms with E-state index in [9.17, 15) is 10.0 Å². The smallest absolute Gasteiger partial charge is 0.240 e. The first-order chi connectivity index (χ1) is 8.65. The maximum absolute atomic E-state index is 11.2. The van der Waals surface area contributed by atoms with Crippen molar-refractivity contribution in [2.75, 3.05) is 0 Å². The Hall–Kier alpha value is -2.44. The van der Waals surface area contributed by atoms with E-state index in [2.05, 4.69) is 20.8 Å². The molecule has 1 aliphatic rings. The number of rotatable bonds is 1. The van der Waals surface area contributed by atoms with E-state index < -0.39 is 0 Å². The molecule has 18 heavy (non-hydrogen) atoms. The number of hydrogen-bond donors (Lipinski definition) is 2. The lowest BCUT2D eigenvalue weighted by molar-refractivity contribution is -0.121. The van der Waals surface area contributed by atoms with E-state index in [1.54, 1.807) is 12.1 Å². The highest BCUT2D eigenvalue weighted by atomic mass is 16.5. The fourth-order valence-corrected chi connectivity index (χ4v) is 2.07. The van der Waals surface area contributed by atoms with E-state index in [1.165, 1.54) is 0 Å². The molecule has 2 heterocycles. The Morgan fingerprint density at radius 3 is 3.11 bits per heavy atom. The lowest BCUT2D eigenvalue weighted by Gasteiger charge is -2.18. The van der Waals surface area contributed by atoms with Crippen molar-refractivity contribution >= 4 is 22.7 Å². The number of hydrogen-bond acceptors (Lipinski definition) is 5. The molecule has 92 valence electrons. The Bertz CT molecular complexity index is 660. The Labute approximate surface area is 102 Å². The summed E-state index contributed by atoms with van der Waals surface area (Å²) in [5, 5.41) is 20.8. The summed E-state index contributed by atoms with van der Waals surface area (Å²) >= 11 is 0. The molecule has 2 aromatic rings. The molecule has 0 radical (unpaired) electrons. The first kappa shape index (κ1) is 10.7. The van der Waals surface area contributed by atoms with Gasteiger partial charge >= 0.3 is 0 Å². The third-order valence-corrected chi connectivity index (χ3v) is 2.98. The van der Waals surface area contributed by atoms with Crippen LogP contribution in [0.2, 0.25) is 0 Å². The summed E-state index contributed by atoms with van der Waals surface area (Å²) in [5.74, 6) is -0.0194. The van der Waals surface area contributed by atoms with Crippen molar-refractivity contribution in [2.45, 2.75) is 13.3 Å². The first-order valence-corrected chi connectivity index (χ1v) is 5.56. The van der Waals surface area contributed by atoms with Crippen molar-refractivity contribution in [3.8, 4) is 0 Å². The van der Waals surface area contributed by atoms with Gasteiger partial charge in [0.15, 0.2) is 0 Å². The molecule has 1 amide bonds. The number of nitrogens with zero attached hydrogens (tertiary/aromatic N) is 4. The summed E-state index contributed by atoms with van der Waals surface area (Å²) < 4.78 is 0. The summed E-state index contributed by atoms with van der Waals surface area (Å²) in [4.78, 5) is 11.9. The average Bonchev–Trinajstić information content (AvgIpc) is 2.71. The molecule has 1 aromatic heterocycles. The molecule has 0 spiro atoms. The van der Waals surface area contributed by atoms with Crippen LogP contribution >= 0.6 is 0 Å². The summed E-state index contributed by atoms with van der Waals surface area (Å²) in [6.07, 6.45) is 0.420. The zero-order chi connectivity index (χ0) is 12.7. The predicted molar refractivity (Wildman–Crippen MR) is 63.2 cm³/mol. The van der Waals surface area contributed by atoms with Gasteiger partial charge in [-0.05, 0) is 17.3 Å². The minimum absolute atomic E-state index is 0.0559. The van der Waals surface area contributed by atoms with Crippen LogP contribution in [0.3, 0.4) is 0 Å². The molecule has 2 N–H and O–H groups in total. The van der Waals surface area contributed by atoms with Crippen molar-refractivity contribution in [1.82, 2.24) is 20.6 Å². The van der Waals surface area contributed by atoms with E-state index >= 15 is 0 Å². The van der Waals surface area contributed by atoms with E-state index in [0.717, 1.165) is 16.1 Å². The molecule has 0 unspecified atom stereocenters. The summed E-state index contributed by atoms with van der Waals surface area (Å²) in [7, 11) is 0. The average molecular weight is 245 g/mol. The van der Waals surface area contributed by atoms with Crippen LogP contribution in [0, 0.1) is 5.92 Å². The van der Waals surface area contributed by atoms with Crippen molar-refractivity contribution < 1.29 is 10.0 Å². The van der Waals surface area contributed by atoms with Gasteiger partial charge in [-0.3, -0.25) is 4.79 Å².